The third-order valence-corrected chi connectivity index (χ3v) is 4.97. The van der Waals surface area contributed by atoms with E-state index in [9.17, 15) is 4.79 Å². The Morgan fingerprint density at radius 1 is 1.35 bits per heavy atom. The van der Waals surface area contributed by atoms with E-state index < -0.39 is 0 Å². The molecule has 6 nitrogen and oxygen atoms in total. The molecule has 122 valence electrons. The average Bonchev–Trinajstić information content (AvgIpc) is 3.04. The van der Waals surface area contributed by atoms with Crippen LogP contribution in [0.3, 0.4) is 0 Å². The fourth-order valence-corrected chi connectivity index (χ4v) is 3.41. The highest BCUT2D eigenvalue weighted by Crippen LogP contribution is 2.19. The summed E-state index contributed by atoms with van der Waals surface area (Å²) >= 11 is 1.53. The van der Waals surface area contributed by atoms with Gasteiger partial charge in [-0.1, -0.05) is 0 Å². The van der Waals surface area contributed by atoms with Crippen LogP contribution in [-0.4, -0.2) is 53.9 Å². The van der Waals surface area contributed by atoms with Crippen molar-refractivity contribution in [3.8, 4) is 5.88 Å². The topological polar surface area (TPSA) is 58.6 Å². The zero-order valence-corrected chi connectivity index (χ0v) is 14.2. The summed E-state index contributed by atoms with van der Waals surface area (Å²) in [5.74, 6) is 1.45. The van der Waals surface area contributed by atoms with Gasteiger partial charge in [0.05, 0.1) is 12.0 Å². The van der Waals surface area contributed by atoms with Crippen molar-refractivity contribution in [3.63, 3.8) is 0 Å². The van der Waals surface area contributed by atoms with Gasteiger partial charge >= 0.3 is 0 Å². The molecule has 23 heavy (non-hydrogen) atoms. The molecule has 1 aliphatic rings. The number of piperazine rings is 1. The maximum absolute atomic E-state index is 11.4. The van der Waals surface area contributed by atoms with Crippen LogP contribution >= 0.6 is 11.3 Å². The number of hydrogen-bond donors (Lipinski definition) is 0. The number of aromatic nitrogens is 2. The first-order valence-corrected chi connectivity index (χ1v) is 8.46. The number of ether oxygens (including phenoxy) is 1. The minimum Gasteiger partial charge on any atom is -0.481 e. The summed E-state index contributed by atoms with van der Waals surface area (Å²) in [6, 6.07) is 3.76. The van der Waals surface area contributed by atoms with Gasteiger partial charge in [-0.2, -0.15) is 4.98 Å². The molecule has 1 fully saturated rings. The molecule has 0 amide bonds. The van der Waals surface area contributed by atoms with Crippen molar-refractivity contribution in [1.29, 1.82) is 0 Å². The third kappa shape index (κ3) is 3.86. The molecular formula is C16H20N4O2S. The second kappa shape index (κ2) is 7.06. The first-order valence-electron chi connectivity index (χ1n) is 7.58. The molecule has 3 heterocycles. The van der Waals surface area contributed by atoms with E-state index >= 15 is 0 Å². The summed E-state index contributed by atoms with van der Waals surface area (Å²) in [7, 11) is 1.61. The van der Waals surface area contributed by atoms with Crippen molar-refractivity contribution in [3.05, 3.63) is 34.2 Å². The minimum absolute atomic E-state index is 0.140. The largest absolute Gasteiger partial charge is 0.481 e. The van der Waals surface area contributed by atoms with Gasteiger partial charge in [0.25, 0.3) is 0 Å². The third-order valence-electron chi connectivity index (χ3n) is 3.89. The van der Waals surface area contributed by atoms with Gasteiger partial charge in [0.2, 0.25) is 11.8 Å². The smallest absolute Gasteiger partial charge is 0.228 e. The molecule has 1 saturated heterocycles. The molecule has 0 radical (unpaired) electrons. The number of anilines is 1. The Morgan fingerprint density at radius 3 is 2.78 bits per heavy atom. The summed E-state index contributed by atoms with van der Waals surface area (Å²) < 4.78 is 5.15. The Bertz CT molecular complexity index is 680. The summed E-state index contributed by atoms with van der Waals surface area (Å²) in [4.78, 5) is 25.5. The highest BCUT2D eigenvalue weighted by atomic mass is 32.1. The second-order valence-electron chi connectivity index (χ2n) is 5.54. The Balaban J connectivity index is 1.56. The summed E-state index contributed by atoms with van der Waals surface area (Å²) in [6.07, 6.45) is 1.72. The molecule has 0 saturated carbocycles. The normalized spacial score (nSPS) is 15.7. The lowest BCUT2D eigenvalue weighted by Crippen LogP contribution is -2.46. The van der Waals surface area contributed by atoms with Gasteiger partial charge in [0, 0.05) is 45.0 Å². The predicted octanol–water partition coefficient (Wildman–Crippen LogP) is 2.07. The van der Waals surface area contributed by atoms with Crippen LogP contribution in [0.4, 0.5) is 5.95 Å². The number of hydrogen-bond acceptors (Lipinski definition) is 7. The predicted molar refractivity (Wildman–Crippen MR) is 90.4 cm³/mol. The van der Waals surface area contributed by atoms with Crippen LogP contribution in [0, 0.1) is 0 Å². The van der Waals surface area contributed by atoms with Gasteiger partial charge in [-0.05, 0) is 23.9 Å². The maximum Gasteiger partial charge on any atom is 0.228 e. The number of rotatable bonds is 5. The van der Waals surface area contributed by atoms with Crippen molar-refractivity contribution in [2.75, 3.05) is 38.2 Å². The van der Waals surface area contributed by atoms with E-state index in [1.807, 2.05) is 6.07 Å². The lowest BCUT2D eigenvalue weighted by Gasteiger charge is -2.34. The van der Waals surface area contributed by atoms with Crippen molar-refractivity contribution >= 4 is 23.1 Å². The molecule has 3 rings (SSSR count). The lowest BCUT2D eigenvalue weighted by molar-refractivity contribution is 0.102. The molecule has 2 aromatic rings. The monoisotopic (exact) mass is 332 g/mol. The maximum atomic E-state index is 11.4. The molecule has 1 aliphatic heterocycles. The quantitative estimate of drug-likeness (QED) is 0.781. The molecule has 0 aromatic carbocycles. The fourth-order valence-electron chi connectivity index (χ4n) is 2.61. The number of nitrogens with zero attached hydrogens (tertiary/aromatic N) is 4. The number of carbonyl (C=O) groups is 1. The first kappa shape index (κ1) is 15.9. The van der Waals surface area contributed by atoms with Crippen LogP contribution in [0.5, 0.6) is 5.88 Å². The summed E-state index contributed by atoms with van der Waals surface area (Å²) in [5.41, 5.74) is 1.21. The van der Waals surface area contributed by atoms with Gasteiger partial charge in [-0.3, -0.25) is 9.69 Å². The Morgan fingerprint density at radius 2 is 2.13 bits per heavy atom. The fraction of sp³-hybridized carbons (Fsp3) is 0.438. The Kier molecular flexibility index (Phi) is 4.88. The molecule has 0 atom stereocenters. The standard InChI is InChI=1S/C16H20N4O2S/c1-12(21)14-9-13(11-23-14)10-19-5-7-20(8-6-19)16-17-4-3-15(18-16)22-2/h3-4,9,11H,5-8,10H2,1-2H3. The highest BCUT2D eigenvalue weighted by Gasteiger charge is 2.20. The number of methoxy groups -OCH3 is 1. The molecule has 2 aromatic heterocycles. The second-order valence-corrected chi connectivity index (χ2v) is 6.45. The zero-order valence-electron chi connectivity index (χ0n) is 13.4. The van der Waals surface area contributed by atoms with E-state index in [0.717, 1.165) is 43.5 Å². The molecule has 7 heteroatoms. The molecular weight excluding hydrogens is 312 g/mol. The van der Waals surface area contributed by atoms with Gasteiger partial charge in [-0.15, -0.1) is 11.3 Å². The van der Waals surface area contributed by atoms with Crippen molar-refractivity contribution in [2.24, 2.45) is 0 Å². The Hall–Kier alpha value is -1.99. The SMILES string of the molecule is COc1ccnc(N2CCN(Cc3csc(C(C)=O)c3)CC2)n1. The number of Topliss-reactive ketones (excluding diaryl/α,β-unsaturated/α-hetero) is 1. The number of thiophene rings is 1. The van der Waals surface area contributed by atoms with E-state index in [0.29, 0.717) is 5.88 Å². The van der Waals surface area contributed by atoms with Gasteiger partial charge in [-0.25, -0.2) is 4.98 Å². The zero-order chi connectivity index (χ0) is 16.2. The lowest BCUT2D eigenvalue weighted by atomic mass is 10.2. The summed E-state index contributed by atoms with van der Waals surface area (Å²) in [5, 5.41) is 2.08. The molecule has 0 bridgehead atoms. The van der Waals surface area contributed by atoms with Crippen molar-refractivity contribution in [2.45, 2.75) is 13.5 Å². The van der Waals surface area contributed by atoms with E-state index in [2.05, 4.69) is 25.1 Å². The van der Waals surface area contributed by atoms with Crippen LogP contribution < -0.4 is 9.64 Å². The van der Waals surface area contributed by atoms with Crippen LogP contribution in [0.25, 0.3) is 0 Å². The number of ketones is 1. The van der Waals surface area contributed by atoms with Gasteiger partial charge in [0.1, 0.15) is 0 Å². The number of carbonyl (C=O) groups excluding carboxylic acids is 1. The van der Waals surface area contributed by atoms with Gasteiger partial charge < -0.3 is 9.64 Å². The molecule has 0 spiro atoms. The first-order chi connectivity index (χ1) is 11.2. The Labute approximate surface area is 139 Å². The van der Waals surface area contributed by atoms with Gasteiger partial charge in [0.15, 0.2) is 5.78 Å². The van der Waals surface area contributed by atoms with E-state index in [4.69, 9.17) is 4.74 Å². The van der Waals surface area contributed by atoms with Crippen LogP contribution in [0.1, 0.15) is 22.2 Å². The van der Waals surface area contributed by atoms with Crippen LogP contribution in [-0.2, 0) is 6.54 Å². The minimum atomic E-state index is 0.140. The van der Waals surface area contributed by atoms with Crippen molar-refractivity contribution in [1.82, 2.24) is 14.9 Å². The van der Waals surface area contributed by atoms with E-state index in [1.165, 1.54) is 16.9 Å². The average molecular weight is 332 g/mol. The van der Waals surface area contributed by atoms with E-state index in [1.54, 1.807) is 26.3 Å². The summed E-state index contributed by atoms with van der Waals surface area (Å²) in [6.45, 7) is 6.17. The van der Waals surface area contributed by atoms with E-state index in [-0.39, 0.29) is 5.78 Å². The molecule has 0 N–H and O–H groups in total. The van der Waals surface area contributed by atoms with Crippen molar-refractivity contribution < 1.29 is 9.53 Å². The van der Waals surface area contributed by atoms with Crippen LogP contribution in [0.2, 0.25) is 0 Å². The highest BCUT2D eigenvalue weighted by molar-refractivity contribution is 7.12. The molecule has 0 unspecified atom stereocenters. The molecule has 0 aliphatic carbocycles. The van der Waals surface area contributed by atoms with Crippen LogP contribution in [0.15, 0.2) is 23.7 Å².